The molecule has 0 saturated carbocycles. The first-order chi connectivity index (χ1) is 8.90. The molecule has 0 atom stereocenters. The van der Waals surface area contributed by atoms with Crippen molar-refractivity contribution in [3.63, 3.8) is 0 Å². The molecule has 1 heteroatoms. The number of aryl methyl sites for hydroxylation is 1. The van der Waals surface area contributed by atoms with Crippen LogP contribution < -0.4 is 4.40 Å². The highest BCUT2D eigenvalue weighted by molar-refractivity contribution is 5.86. The van der Waals surface area contributed by atoms with Crippen LogP contribution in [0, 0.1) is 0 Å². The number of nitrogens with zero attached hydrogens (tertiary/aromatic N) is 1. The standard InChI is InChI=1S/C17H18N/c1-2-3-11-17-16-10-5-4-8-14(16)13-15-9-6-7-12-18(15)17/h4-10,12-13H,2-3,11H2,1H3/q+1. The number of aromatic nitrogens is 1. The number of hydrogen-bond donors (Lipinski definition) is 0. The lowest BCUT2D eigenvalue weighted by Gasteiger charge is -2.04. The summed E-state index contributed by atoms with van der Waals surface area (Å²) in [5.74, 6) is 0. The molecule has 0 N–H and O–H groups in total. The normalized spacial score (nSPS) is 11.2. The fourth-order valence-corrected chi connectivity index (χ4v) is 2.59. The molecular weight excluding hydrogens is 218 g/mol. The number of pyridine rings is 2. The minimum atomic E-state index is 1.14. The molecule has 18 heavy (non-hydrogen) atoms. The minimum Gasteiger partial charge on any atom is -0.164 e. The van der Waals surface area contributed by atoms with Gasteiger partial charge >= 0.3 is 0 Å². The van der Waals surface area contributed by atoms with Gasteiger partial charge in [-0.2, -0.15) is 4.40 Å². The van der Waals surface area contributed by atoms with E-state index in [0.29, 0.717) is 0 Å². The summed E-state index contributed by atoms with van der Waals surface area (Å²) in [5, 5.41) is 2.73. The molecule has 1 aromatic carbocycles. The highest BCUT2D eigenvalue weighted by Gasteiger charge is 2.13. The van der Waals surface area contributed by atoms with Crippen molar-refractivity contribution in [3.05, 3.63) is 60.4 Å². The molecule has 0 saturated heterocycles. The molecule has 0 spiro atoms. The van der Waals surface area contributed by atoms with Crippen molar-refractivity contribution in [2.24, 2.45) is 0 Å². The minimum absolute atomic E-state index is 1.14. The number of hydrogen-bond acceptors (Lipinski definition) is 0. The zero-order valence-electron chi connectivity index (χ0n) is 10.8. The molecule has 90 valence electrons. The van der Waals surface area contributed by atoms with Gasteiger partial charge in [-0.15, -0.1) is 0 Å². The van der Waals surface area contributed by atoms with Gasteiger partial charge in [0, 0.05) is 30.0 Å². The quantitative estimate of drug-likeness (QED) is 0.479. The number of fused-ring (bicyclic) bond motifs is 2. The maximum absolute atomic E-state index is 2.33. The van der Waals surface area contributed by atoms with E-state index in [1.807, 2.05) is 0 Å². The van der Waals surface area contributed by atoms with Gasteiger partial charge in [-0.1, -0.05) is 31.5 Å². The van der Waals surface area contributed by atoms with Crippen molar-refractivity contribution < 1.29 is 4.40 Å². The molecule has 3 rings (SSSR count). The number of benzene rings is 1. The van der Waals surface area contributed by atoms with Crippen molar-refractivity contribution in [2.75, 3.05) is 0 Å². The van der Waals surface area contributed by atoms with Gasteiger partial charge in [-0.3, -0.25) is 0 Å². The highest BCUT2D eigenvalue weighted by Crippen LogP contribution is 2.19. The molecule has 0 bridgehead atoms. The van der Waals surface area contributed by atoms with Crippen molar-refractivity contribution in [1.82, 2.24) is 0 Å². The second-order valence-corrected chi connectivity index (χ2v) is 4.78. The molecule has 0 aliphatic carbocycles. The second kappa shape index (κ2) is 4.77. The fourth-order valence-electron chi connectivity index (χ4n) is 2.59. The highest BCUT2D eigenvalue weighted by atomic mass is 14.9. The summed E-state index contributed by atoms with van der Waals surface area (Å²) >= 11 is 0. The van der Waals surface area contributed by atoms with E-state index in [-0.39, 0.29) is 0 Å². The smallest absolute Gasteiger partial charge is 0.164 e. The lowest BCUT2D eigenvalue weighted by atomic mass is 10.0. The molecule has 3 aromatic rings. The van der Waals surface area contributed by atoms with Crippen LogP contribution in [0.15, 0.2) is 54.7 Å². The van der Waals surface area contributed by atoms with Crippen LogP contribution in [-0.2, 0) is 6.42 Å². The lowest BCUT2D eigenvalue weighted by molar-refractivity contribution is -0.520. The van der Waals surface area contributed by atoms with Crippen LogP contribution in [0.2, 0.25) is 0 Å². The van der Waals surface area contributed by atoms with Crippen LogP contribution in [-0.4, -0.2) is 0 Å². The Balaban J connectivity index is 2.34. The third kappa shape index (κ3) is 1.86. The largest absolute Gasteiger partial charge is 0.211 e. The third-order valence-electron chi connectivity index (χ3n) is 3.52. The zero-order valence-corrected chi connectivity index (χ0v) is 10.8. The summed E-state index contributed by atoms with van der Waals surface area (Å²) < 4.78 is 2.33. The fraction of sp³-hybridized carbons (Fsp3) is 0.235. The average molecular weight is 236 g/mol. The molecule has 2 heterocycles. The first kappa shape index (κ1) is 11.2. The molecule has 0 aliphatic rings. The van der Waals surface area contributed by atoms with E-state index in [2.05, 4.69) is 66.1 Å². The van der Waals surface area contributed by atoms with Crippen LogP contribution >= 0.6 is 0 Å². The van der Waals surface area contributed by atoms with Gasteiger partial charge in [0.25, 0.3) is 0 Å². The maximum atomic E-state index is 2.33. The van der Waals surface area contributed by atoms with Crippen LogP contribution in [0.25, 0.3) is 16.3 Å². The summed E-state index contributed by atoms with van der Waals surface area (Å²) in [4.78, 5) is 0. The molecule has 0 fully saturated rings. The van der Waals surface area contributed by atoms with Gasteiger partial charge < -0.3 is 0 Å². The second-order valence-electron chi connectivity index (χ2n) is 4.78. The van der Waals surface area contributed by atoms with Crippen LogP contribution in [0.1, 0.15) is 25.5 Å². The van der Waals surface area contributed by atoms with Gasteiger partial charge in [0.1, 0.15) is 0 Å². The Labute approximate surface area is 108 Å². The van der Waals surface area contributed by atoms with E-state index >= 15 is 0 Å². The van der Waals surface area contributed by atoms with Gasteiger partial charge in [-0.25, -0.2) is 0 Å². The van der Waals surface area contributed by atoms with Crippen molar-refractivity contribution in [3.8, 4) is 0 Å². The first-order valence-electron chi connectivity index (χ1n) is 6.71. The van der Waals surface area contributed by atoms with E-state index in [4.69, 9.17) is 0 Å². The predicted molar refractivity (Wildman–Crippen MR) is 75.7 cm³/mol. The molecule has 2 aromatic heterocycles. The lowest BCUT2D eigenvalue weighted by Crippen LogP contribution is -2.27. The zero-order chi connectivity index (χ0) is 12.4. The monoisotopic (exact) mass is 236 g/mol. The van der Waals surface area contributed by atoms with Crippen LogP contribution in [0.4, 0.5) is 0 Å². The Morgan fingerprint density at radius 1 is 1.00 bits per heavy atom. The van der Waals surface area contributed by atoms with E-state index in [9.17, 15) is 0 Å². The van der Waals surface area contributed by atoms with Gasteiger partial charge in [0.2, 0.25) is 5.52 Å². The van der Waals surface area contributed by atoms with Gasteiger partial charge in [0.15, 0.2) is 11.9 Å². The number of unbranched alkanes of at least 4 members (excludes halogenated alkanes) is 1. The Hall–Kier alpha value is -1.89. The first-order valence-corrected chi connectivity index (χ1v) is 6.71. The molecule has 0 amide bonds. The Morgan fingerprint density at radius 2 is 1.83 bits per heavy atom. The Morgan fingerprint density at radius 3 is 2.72 bits per heavy atom. The molecule has 0 aliphatic heterocycles. The molecular formula is C17H18N+. The average Bonchev–Trinajstić information content (AvgIpc) is 2.43. The van der Waals surface area contributed by atoms with E-state index in [1.54, 1.807) is 0 Å². The van der Waals surface area contributed by atoms with Crippen molar-refractivity contribution in [1.29, 1.82) is 0 Å². The Bertz CT molecular complexity index is 631. The molecule has 1 nitrogen and oxygen atoms in total. The summed E-state index contributed by atoms with van der Waals surface area (Å²) in [5.41, 5.74) is 2.72. The van der Waals surface area contributed by atoms with E-state index in [1.165, 1.54) is 34.8 Å². The third-order valence-corrected chi connectivity index (χ3v) is 3.52. The molecule has 0 radical (unpaired) electrons. The SMILES string of the molecule is CCCCc1c2ccccc2cc2cccc[n+]12. The number of rotatable bonds is 3. The van der Waals surface area contributed by atoms with Gasteiger partial charge in [0.05, 0.1) is 0 Å². The predicted octanol–water partition coefficient (Wildman–Crippen LogP) is 3.92. The summed E-state index contributed by atoms with van der Waals surface area (Å²) in [6.45, 7) is 2.25. The van der Waals surface area contributed by atoms with Gasteiger partial charge in [-0.05, 0) is 23.9 Å². The van der Waals surface area contributed by atoms with Crippen molar-refractivity contribution >= 4 is 16.3 Å². The Kier molecular flexibility index (Phi) is 2.97. The van der Waals surface area contributed by atoms with Crippen LogP contribution in [0.5, 0.6) is 0 Å². The molecule has 0 unspecified atom stereocenters. The van der Waals surface area contributed by atoms with E-state index in [0.717, 1.165) is 6.42 Å². The van der Waals surface area contributed by atoms with Crippen LogP contribution in [0.3, 0.4) is 0 Å². The van der Waals surface area contributed by atoms with Crippen molar-refractivity contribution in [2.45, 2.75) is 26.2 Å². The topological polar surface area (TPSA) is 4.10 Å². The van der Waals surface area contributed by atoms with E-state index < -0.39 is 0 Å². The summed E-state index contributed by atoms with van der Waals surface area (Å²) in [6, 6.07) is 17.4. The summed E-state index contributed by atoms with van der Waals surface area (Å²) in [7, 11) is 0. The summed E-state index contributed by atoms with van der Waals surface area (Å²) in [6.07, 6.45) is 5.79. The maximum Gasteiger partial charge on any atom is 0.211 e.